The van der Waals surface area contributed by atoms with E-state index in [-0.39, 0.29) is 10.6 Å². The van der Waals surface area contributed by atoms with E-state index in [9.17, 15) is 13.2 Å². The molecule has 0 aromatic heterocycles. The van der Waals surface area contributed by atoms with E-state index in [0.29, 0.717) is 0 Å². The summed E-state index contributed by atoms with van der Waals surface area (Å²) in [5.41, 5.74) is 0.596. The van der Waals surface area contributed by atoms with Crippen molar-refractivity contribution in [3.8, 4) is 0 Å². The lowest BCUT2D eigenvalue weighted by atomic mass is 10.2. The zero-order chi connectivity index (χ0) is 15.6. The van der Waals surface area contributed by atoms with Crippen LogP contribution in [0.3, 0.4) is 0 Å². The van der Waals surface area contributed by atoms with Crippen LogP contribution in [0.1, 0.15) is 12.5 Å². The molecule has 0 amide bonds. The number of aliphatic carboxylic acids is 1. The number of alkyl halides is 2. The fourth-order valence-electron chi connectivity index (χ4n) is 1.12. The highest BCUT2D eigenvalue weighted by Crippen LogP contribution is 2.23. The Hall–Kier alpha value is -1.31. The summed E-state index contributed by atoms with van der Waals surface area (Å²) in [4.78, 5) is 12.6. The topological polar surface area (TPSA) is 95.8 Å². The highest BCUT2D eigenvalue weighted by atomic mass is 35.5. The first kappa shape index (κ1) is 16.7. The zero-order valence-corrected chi connectivity index (χ0v) is 12.9. The van der Waals surface area contributed by atoms with Gasteiger partial charge in [-0.15, -0.1) is 0 Å². The van der Waals surface area contributed by atoms with Crippen molar-refractivity contribution >= 4 is 44.9 Å². The number of aryl methyl sites for hydroxylation is 1. The number of nitrogens with one attached hydrogen (secondary N) is 1. The molecule has 0 aliphatic carbocycles. The molecule has 0 bridgehead atoms. The van der Waals surface area contributed by atoms with Crippen LogP contribution >= 0.6 is 23.2 Å². The van der Waals surface area contributed by atoms with Gasteiger partial charge in [0.05, 0.1) is 10.6 Å². The molecule has 1 aromatic carbocycles. The molecule has 0 radical (unpaired) electrons. The molecule has 0 saturated carbocycles. The molecular weight excluding hydrogens is 327 g/mol. The fraction of sp³-hybridized carbons (Fsp3) is 0.273. The van der Waals surface area contributed by atoms with E-state index in [1.54, 1.807) is 12.1 Å². The third-order valence-corrected chi connectivity index (χ3v) is 4.48. The molecule has 0 spiro atoms. The lowest BCUT2D eigenvalue weighted by Gasteiger charge is -2.13. The van der Waals surface area contributed by atoms with E-state index < -0.39 is 20.3 Å². The quantitative estimate of drug-likeness (QED) is 0.487. The van der Waals surface area contributed by atoms with E-state index in [1.165, 1.54) is 19.1 Å². The summed E-state index contributed by atoms with van der Waals surface area (Å²) in [5, 5.41) is 12.2. The minimum atomic E-state index is -3.91. The van der Waals surface area contributed by atoms with Crippen molar-refractivity contribution in [2.75, 3.05) is 0 Å². The smallest absolute Gasteiger partial charge is 0.346 e. The van der Waals surface area contributed by atoms with Crippen LogP contribution in [0.4, 0.5) is 0 Å². The maximum absolute atomic E-state index is 11.9. The van der Waals surface area contributed by atoms with Crippen LogP contribution in [0.5, 0.6) is 0 Å². The number of nitrogens with zero attached hydrogens (tertiary/aromatic N) is 1. The Morgan fingerprint density at radius 2 is 1.80 bits per heavy atom. The van der Waals surface area contributed by atoms with Crippen molar-refractivity contribution in [2.24, 2.45) is 5.10 Å². The van der Waals surface area contributed by atoms with Gasteiger partial charge in [-0.3, -0.25) is 0 Å². The number of carboxylic acids is 1. The SMILES string of the molecule is CC(=NNS(=O)(=O)c1ccc(C)cc1)C(Cl)(Cl)C(=O)O. The van der Waals surface area contributed by atoms with Gasteiger partial charge in [-0.05, 0) is 26.0 Å². The van der Waals surface area contributed by atoms with Gasteiger partial charge >= 0.3 is 5.97 Å². The van der Waals surface area contributed by atoms with E-state index in [4.69, 9.17) is 28.3 Å². The Balaban J connectivity index is 2.98. The molecule has 2 N–H and O–H groups in total. The molecule has 0 atom stereocenters. The minimum Gasteiger partial charge on any atom is -0.479 e. The molecule has 6 nitrogen and oxygen atoms in total. The normalized spacial score (nSPS) is 13.1. The summed E-state index contributed by atoms with van der Waals surface area (Å²) in [7, 11) is -3.91. The standard InChI is InChI=1S/C11H12Cl2N2O4S/c1-7-3-5-9(6-4-7)20(18,19)15-14-8(2)11(12,13)10(16)17/h3-6,15H,1-2H3,(H,16,17). The first-order valence-corrected chi connectivity index (χ1v) is 7.55. The molecule has 0 saturated heterocycles. The second-order valence-electron chi connectivity index (χ2n) is 3.98. The van der Waals surface area contributed by atoms with Crippen molar-refractivity contribution in [3.63, 3.8) is 0 Å². The van der Waals surface area contributed by atoms with Crippen LogP contribution < -0.4 is 4.83 Å². The summed E-state index contributed by atoms with van der Waals surface area (Å²) < 4.78 is 21.5. The Morgan fingerprint density at radius 3 is 2.25 bits per heavy atom. The monoisotopic (exact) mass is 338 g/mol. The molecule has 110 valence electrons. The number of hydrogen-bond donors (Lipinski definition) is 2. The van der Waals surface area contributed by atoms with Crippen LogP contribution in [0.25, 0.3) is 0 Å². The maximum atomic E-state index is 11.9. The minimum absolute atomic E-state index is 0.00952. The number of hydrogen-bond acceptors (Lipinski definition) is 4. The zero-order valence-electron chi connectivity index (χ0n) is 10.6. The van der Waals surface area contributed by atoms with Gasteiger partial charge in [0.15, 0.2) is 0 Å². The third kappa shape index (κ3) is 3.84. The van der Waals surface area contributed by atoms with E-state index in [2.05, 4.69) is 5.10 Å². The van der Waals surface area contributed by atoms with Crippen LogP contribution in [0.2, 0.25) is 0 Å². The summed E-state index contributed by atoms with van der Waals surface area (Å²) in [5.74, 6) is -1.54. The Morgan fingerprint density at radius 1 is 1.30 bits per heavy atom. The third-order valence-electron chi connectivity index (χ3n) is 2.39. The van der Waals surface area contributed by atoms with Gasteiger partial charge in [0, 0.05) is 0 Å². The van der Waals surface area contributed by atoms with Crippen molar-refractivity contribution in [1.29, 1.82) is 0 Å². The molecule has 0 unspecified atom stereocenters. The molecule has 20 heavy (non-hydrogen) atoms. The first-order valence-electron chi connectivity index (χ1n) is 5.32. The predicted molar refractivity (Wildman–Crippen MR) is 76.7 cm³/mol. The molecule has 9 heteroatoms. The van der Waals surface area contributed by atoms with Crippen LogP contribution in [-0.4, -0.2) is 29.5 Å². The van der Waals surface area contributed by atoms with Gasteiger partial charge in [-0.1, -0.05) is 40.9 Å². The highest BCUT2D eigenvalue weighted by Gasteiger charge is 2.37. The number of carboxylic acid groups (broad SMARTS) is 1. The first-order chi connectivity index (χ1) is 9.07. The van der Waals surface area contributed by atoms with Crippen LogP contribution in [0, 0.1) is 6.92 Å². The van der Waals surface area contributed by atoms with Gasteiger partial charge in [0.1, 0.15) is 0 Å². The number of halogens is 2. The Bertz CT molecular complexity index is 639. The number of benzene rings is 1. The van der Waals surface area contributed by atoms with Gasteiger partial charge in [0.25, 0.3) is 14.4 Å². The Labute approximate surface area is 126 Å². The Kier molecular flexibility index (Phi) is 5.01. The van der Waals surface area contributed by atoms with Gasteiger partial charge in [-0.25, -0.2) is 9.63 Å². The summed E-state index contributed by atoms with van der Waals surface area (Å²) in [6.07, 6.45) is 0. The molecule has 1 aromatic rings. The van der Waals surface area contributed by atoms with Crippen LogP contribution in [-0.2, 0) is 14.8 Å². The molecule has 0 fully saturated rings. The van der Waals surface area contributed by atoms with Gasteiger partial charge in [-0.2, -0.15) is 13.5 Å². The number of sulfonamides is 1. The lowest BCUT2D eigenvalue weighted by Crippen LogP contribution is -2.35. The van der Waals surface area contributed by atoms with E-state index in [1.807, 2.05) is 11.8 Å². The number of rotatable bonds is 5. The van der Waals surface area contributed by atoms with Gasteiger partial charge < -0.3 is 5.11 Å². The lowest BCUT2D eigenvalue weighted by molar-refractivity contribution is -0.136. The second kappa shape index (κ2) is 5.99. The summed E-state index contributed by atoms with van der Waals surface area (Å²) in [6, 6.07) is 6.04. The van der Waals surface area contributed by atoms with Crippen molar-refractivity contribution in [3.05, 3.63) is 29.8 Å². The second-order valence-corrected chi connectivity index (χ2v) is 6.97. The predicted octanol–water partition coefficient (Wildman–Crippen LogP) is 1.91. The summed E-state index contributed by atoms with van der Waals surface area (Å²) >= 11 is 11.0. The van der Waals surface area contributed by atoms with E-state index in [0.717, 1.165) is 5.56 Å². The van der Waals surface area contributed by atoms with Crippen molar-refractivity contribution in [1.82, 2.24) is 4.83 Å². The molecule has 1 rings (SSSR count). The van der Waals surface area contributed by atoms with Crippen molar-refractivity contribution < 1.29 is 18.3 Å². The maximum Gasteiger partial charge on any atom is 0.346 e. The average Bonchev–Trinajstić information content (AvgIpc) is 2.36. The molecule has 0 aliphatic heterocycles. The fourth-order valence-corrected chi connectivity index (χ4v) is 2.07. The number of carbonyl (C=O) groups is 1. The van der Waals surface area contributed by atoms with E-state index >= 15 is 0 Å². The average molecular weight is 339 g/mol. The van der Waals surface area contributed by atoms with Crippen molar-refractivity contribution in [2.45, 2.75) is 23.1 Å². The largest absolute Gasteiger partial charge is 0.479 e. The molecular formula is C11H12Cl2N2O4S. The van der Waals surface area contributed by atoms with Gasteiger partial charge in [0.2, 0.25) is 0 Å². The van der Waals surface area contributed by atoms with Crippen LogP contribution in [0.15, 0.2) is 34.3 Å². The molecule has 0 aliphatic rings. The summed E-state index contributed by atoms with van der Waals surface area (Å²) in [6.45, 7) is 3.01. The molecule has 0 heterocycles. The number of hydrazone groups is 1. The highest BCUT2D eigenvalue weighted by molar-refractivity contribution is 7.89.